The van der Waals surface area contributed by atoms with Gasteiger partial charge in [-0.05, 0) is 71.0 Å². The third kappa shape index (κ3) is 4.84. The van der Waals surface area contributed by atoms with Gasteiger partial charge in [0.15, 0.2) is 0 Å². The van der Waals surface area contributed by atoms with Crippen LogP contribution < -0.4 is 11.1 Å². The van der Waals surface area contributed by atoms with E-state index >= 15 is 0 Å². The number of thiophene rings is 1. The molecule has 2 amide bonds. The molecule has 0 bridgehead atoms. The van der Waals surface area contributed by atoms with E-state index in [2.05, 4.69) is 5.32 Å². The first-order chi connectivity index (χ1) is 15.3. The molecule has 4 rings (SSSR count). The molecule has 0 aliphatic heterocycles. The largest absolute Gasteiger partial charge is 0.368 e. The minimum absolute atomic E-state index is 0.102. The minimum atomic E-state index is -0.681. The van der Waals surface area contributed by atoms with E-state index in [0.29, 0.717) is 12.0 Å². The van der Waals surface area contributed by atoms with Crippen LogP contribution >= 0.6 is 11.3 Å². The van der Waals surface area contributed by atoms with Gasteiger partial charge in [-0.1, -0.05) is 24.3 Å². The van der Waals surface area contributed by atoms with Gasteiger partial charge in [-0.2, -0.15) is 0 Å². The molecule has 0 aliphatic rings. The highest BCUT2D eigenvalue weighted by Gasteiger charge is 2.14. The number of rotatable bonds is 6. The van der Waals surface area contributed by atoms with Gasteiger partial charge in [0.2, 0.25) is 5.91 Å². The molecule has 0 unspecified atom stereocenters. The summed E-state index contributed by atoms with van der Waals surface area (Å²) >= 11 is 1.55. The van der Waals surface area contributed by atoms with Crippen molar-refractivity contribution in [2.24, 2.45) is 5.73 Å². The fourth-order valence-corrected chi connectivity index (χ4v) is 4.92. The number of fused-ring (bicyclic) bond motifs is 1. The van der Waals surface area contributed by atoms with Crippen molar-refractivity contribution in [3.63, 3.8) is 0 Å². The van der Waals surface area contributed by atoms with E-state index in [1.165, 1.54) is 18.2 Å². The second kappa shape index (κ2) is 8.88. The quantitative estimate of drug-likeness (QED) is 0.436. The molecule has 0 saturated heterocycles. The molecule has 4 nitrogen and oxygen atoms in total. The van der Waals surface area contributed by atoms with Crippen molar-refractivity contribution in [3.05, 3.63) is 93.9 Å². The number of halogens is 2. The van der Waals surface area contributed by atoms with Gasteiger partial charge < -0.3 is 11.1 Å². The predicted octanol–water partition coefficient (Wildman–Crippen LogP) is 4.96. The van der Waals surface area contributed by atoms with Gasteiger partial charge in [0.25, 0.3) is 5.91 Å². The van der Waals surface area contributed by atoms with Crippen molar-refractivity contribution in [2.45, 2.75) is 13.3 Å². The van der Waals surface area contributed by atoms with Gasteiger partial charge in [0, 0.05) is 21.6 Å². The van der Waals surface area contributed by atoms with E-state index < -0.39 is 17.6 Å². The number of aryl methyl sites for hydroxylation is 1. The van der Waals surface area contributed by atoms with E-state index in [1.807, 2.05) is 37.3 Å². The summed E-state index contributed by atoms with van der Waals surface area (Å²) in [7, 11) is 0. The maximum Gasteiger partial charge on any atom is 0.251 e. The fraction of sp³-hybridized carbons (Fsp3) is 0.120. The van der Waals surface area contributed by atoms with E-state index in [-0.39, 0.29) is 17.9 Å². The molecule has 0 spiro atoms. The molecular weight excluding hydrogens is 430 g/mol. The first kappa shape index (κ1) is 21.6. The standard InChI is InChI=1S/C25H20F2N2O2S/c1-14-5-15(7-19(26)6-14)8-21-12-16-3-2-4-22(24(16)32-21)17-9-18(11-20(27)10-17)25(31)29-13-23(28)30/h2-7,9-12H,8,13H2,1H3,(H2,28,30)(H,29,31). The van der Waals surface area contributed by atoms with Crippen molar-refractivity contribution < 1.29 is 18.4 Å². The Hall–Kier alpha value is -3.58. The van der Waals surface area contributed by atoms with Gasteiger partial charge in [-0.15, -0.1) is 11.3 Å². The highest BCUT2D eigenvalue weighted by atomic mass is 32.1. The number of amides is 2. The van der Waals surface area contributed by atoms with Gasteiger partial charge in [-0.25, -0.2) is 8.78 Å². The molecule has 0 atom stereocenters. The maximum atomic E-state index is 14.3. The lowest BCUT2D eigenvalue weighted by Gasteiger charge is -2.08. The summed E-state index contributed by atoms with van der Waals surface area (Å²) < 4.78 is 29.1. The molecule has 0 saturated carbocycles. The molecule has 1 aromatic heterocycles. The highest BCUT2D eigenvalue weighted by molar-refractivity contribution is 7.19. The Morgan fingerprint density at radius 3 is 2.53 bits per heavy atom. The van der Waals surface area contributed by atoms with Crippen LogP contribution in [0.1, 0.15) is 26.4 Å². The summed E-state index contributed by atoms with van der Waals surface area (Å²) in [5.74, 6) is -2.08. The molecule has 0 fully saturated rings. The van der Waals surface area contributed by atoms with E-state index in [9.17, 15) is 18.4 Å². The summed E-state index contributed by atoms with van der Waals surface area (Å²) in [6, 6.07) is 16.8. The molecule has 0 radical (unpaired) electrons. The third-order valence-corrected chi connectivity index (χ3v) is 6.15. The Morgan fingerprint density at radius 1 is 1.00 bits per heavy atom. The number of carbonyl (C=O) groups is 2. The predicted molar refractivity (Wildman–Crippen MR) is 123 cm³/mol. The zero-order chi connectivity index (χ0) is 22.8. The number of nitrogens with two attached hydrogens (primary N) is 1. The number of primary amides is 1. The van der Waals surface area contributed by atoms with Crippen LogP contribution in [-0.2, 0) is 11.2 Å². The van der Waals surface area contributed by atoms with Crippen molar-refractivity contribution in [2.75, 3.05) is 6.54 Å². The number of nitrogens with one attached hydrogen (secondary N) is 1. The van der Waals surface area contributed by atoms with Gasteiger partial charge >= 0.3 is 0 Å². The summed E-state index contributed by atoms with van der Waals surface area (Å²) in [5, 5.41) is 3.36. The molecule has 0 aliphatic carbocycles. The average Bonchev–Trinajstić information content (AvgIpc) is 3.13. The molecular formula is C25H20F2N2O2S. The number of hydrogen-bond donors (Lipinski definition) is 2. The summed E-state index contributed by atoms with van der Waals surface area (Å²) in [5.41, 5.74) is 8.25. The smallest absolute Gasteiger partial charge is 0.251 e. The highest BCUT2D eigenvalue weighted by Crippen LogP contribution is 2.36. The summed E-state index contributed by atoms with van der Waals surface area (Å²) in [6.07, 6.45) is 0.585. The maximum absolute atomic E-state index is 14.3. The van der Waals surface area contributed by atoms with Crippen LogP contribution in [0.25, 0.3) is 21.2 Å². The van der Waals surface area contributed by atoms with Crippen LogP contribution in [0.15, 0.2) is 60.7 Å². The Balaban J connectivity index is 1.70. The Morgan fingerprint density at radius 2 is 1.78 bits per heavy atom. The Kier molecular flexibility index (Phi) is 6.01. The van der Waals surface area contributed by atoms with Crippen LogP contribution in [0.5, 0.6) is 0 Å². The second-order valence-corrected chi connectivity index (χ2v) is 8.76. The number of carbonyl (C=O) groups excluding carboxylic acids is 2. The molecule has 4 aromatic rings. The topological polar surface area (TPSA) is 72.2 Å². The second-order valence-electron chi connectivity index (χ2n) is 7.63. The van der Waals surface area contributed by atoms with Crippen molar-refractivity contribution >= 4 is 33.2 Å². The van der Waals surface area contributed by atoms with Crippen LogP contribution in [-0.4, -0.2) is 18.4 Å². The zero-order valence-electron chi connectivity index (χ0n) is 17.2. The Bertz CT molecular complexity index is 1330. The zero-order valence-corrected chi connectivity index (χ0v) is 18.1. The molecule has 1 heterocycles. The SMILES string of the molecule is Cc1cc(F)cc(Cc2cc3cccc(-c4cc(F)cc(C(=O)NCC(N)=O)c4)c3s2)c1. The summed E-state index contributed by atoms with van der Waals surface area (Å²) in [6.45, 7) is 1.53. The first-order valence-corrected chi connectivity index (χ1v) is 10.7. The third-order valence-electron chi connectivity index (χ3n) is 4.97. The van der Waals surface area contributed by atoms with Crippen molar-refractivity contribution in [1.82, 2.24) is 5.32 Å². The number of hydrogen-bond acceptors (Lipinski definition) is 3. The lowest BCUT2D eigenvalue weighted by molar-refractivity contribution is -0.117. The fourth-order valence-electron chi connectivity index (χ4n) is 3.69. The normalized spacial score (nSPS) is 11.0. The molecule has 7 heteroatoms. The van der Waals surface area contributed by atoms with E-state index in [1.54, 1.807) is 17.4 Å². The number of benzene rings is 3. The first-order valence-electron chi connectivity index (χ1n) is 9.93. The van der Waals surface area contributed by atoms with Crippen LogP contribution in [0, 0.1) is 18.6 Å². The monoisotopic (exact) mass is 450 g/mol. The van der Waals surface area contributed by atoms with Gasteiger partial charge in [0.05, 0.1) is 6.54 Å². The van der Waals surface area contributed by atoms with Crippen LogP contribution in [0.3, 0.4) is 0 Å². The van der Waals surface area contributed by atoms with E-state index in [4.69, 9.17) is 5.73 Å². The lowest BCUT2D eigenvalue weighted by atomic mass is 10.0. The van der Waals surface area contributed by atoms with Crippen molar-refractivity contribution in [3.8, 4) is 11.1 Å². The lowest BCUT2D eigenvalue weighted by Crippen LogP contribution is -2.33. The summed E-state index contributed by atoms with van der Waals surface area (Å²) in [4.78, 5) is 24.3. The molecule has 3 N–H and O–H groups in total. The van der Waals surface area contributed by atoms with Crippen LogP contribution in [0.2, 0.25) is 0 Å². The van der Waals surface area contributed by atoms with E-state index in [0.717, 1.165) is 37.7 Å². The van der Waals surface area contributed by atoms with Gasteiger partial charge in [0.1, 0.15) is 11.6 Å². The molecule has 32 heavy (non-hydrogen) atoms. The molecule has 162 valence electrons. The molecule has 3 aromatic carbocycles. The van der Waals surface area contributed by atoms with Crippen LogP contribution in [0.4, 0.5) is 8.78 Å². The minimum Gasteiger partial charge on any atom is -0.368 e. The average molecular weight is 451 g/mol. The van der Waals surface area contributed by atoms with Crippen molar-refractivity contribution in [1.29, 1.82) is 0 Å². The van der Waals surface area contributed by atoms with Gasteiger partial charge in [-0.3, -0.25) is 9.59 Å². The Labute approximate surface area is 187 Å².